The summed E-state index contributed by atoms with van der Waals surface area (Å²) in [5.74, 6) is 0.927. The molecule has 0 unspecified atom stereocenters. The van der Waals surface area contributed by atoms with Crippen molar-refractivity contribution in [3.05, 3.63) is 52.2 Å². The number of morpholine rings is 1. The van der Waals surface area contributed by atoms with E-state index in [-0.39, 0.29) is 11.9 Å². The number of amides is 1. The Morgan fingerprint density at radius 3 is 2.69 bits per heavy atom. The minimum absolute atomic E-state index is 0.0920. The minimum Gasteiger partial charge on any atom is -0.497 e. The molecule has 1 atom stereocenters. The highest BCUT2D eigenvalue weighted by atomic mass is 32.1. The number of hydrogen-bond donors (Lipinski definition) is 1. The quantitative estimate of drug-likeness (QED) is 0.772. The van der Waals surface area contributed by atoms with Crippen LogP contribution in [0.2, 0.25) is 0 Å². The molecule has 0 saturated carbocycles. The Balaban J connectivity index is 1.50. The maximum absolute atomic E-state index is 12.3. The summed E-state index contributed by atoms with van der Waals surface area (Å²) in [5.41, 5.74) is 2.41. The lowest BCUT2D eigenvalue weighted by molar-refractivity contribution is -0.121. The van der Waals surface area contributed by atoms with Crippen molar-refractivity contribution in [2.45, 2.75) is 18.9 Å². The number of nitrogens with zero attached hydrogens (tertiary/aromatic N) is 1. The van der Waals surface area contributed by atoms with E-state index < -0.39 is 0 Å². The van der Waals surface area contributed by atoms with Crippen LogP contribution in [0, 0.1) is 0 Å². The van der Waals surface area contributed by atoms with Gasteiger partial charge in [-0.25, -0.2) is 0 Å². The van der Waals surface area contributed by atoms with Gasteiger partial charge < -0.3 is 14.8 Å². The lowest BCUT2D eigenvalue weighted by Gasteiger charge is -2.34. The predicted molar refractivity (Wildman–Crippen MR) is 104 cm³/mol. The zero-order valence-corrected chi connectivity index (χ0v) is 16.0. The monoisotopic (exact) mass is 374 g/mol. The molecular weight excluding hydrogens is 348 g/mol. The summed E-state index contributed by atoms with van der Waals surface area (Å²) in [6.45, 7) is 3.96. The highest BCUT2D eigenvalue weighted by Gasteiger charge is 2.23. The van der Waals surface area contributed by atoms with Crippen LogP contribution in [0.15, 0.2) is 41.1 Å². The molecule has 1 aromatic carbocycles. The fourth-order valence-electron chi connectivity index (χ4n) is 3.16. The van der Waals surface area contributed by atoms with E-state index in [2.05, 4.69) is 27.0 Å². The number of rotatable bonds is 8. The number of hydrogen-bond acceptors (Lipinski definition) is 5. The number of benzene rings is 1. The number of carbonyl (C=O) groups is 1. The molecule has 1 saturated heterocycles. The van der Waals surface area contributed by atoms with Crippen LogP contribution in [0.5, 0.6) is 5.75 Å². The second-order valence-corrected chi connectivity index (χ2v) is 7.15. The van der Waals surface area contributed by atoms with Gasteiger partial charge in [0.2, 0.25) is 5.91 Å². The second kappa shape index (κ2) is 9.71. The van der Waals surface area contributed by atoms with Crippen LogP contribution in [0.1, 0.15) is 23.6 Å². The molecule has 1 aromatic heterocycles. The summed E-state index contributed by atoms with van der Waals surface area (Å²) in [7, 11) is 1.65. The molecule has 2 heterocycles. The topological polar surface area (TPSA) is 50.8 Å². The van der Waals surface area contributed by atoms with E-state index >= 15 is 0 Å². The van der Waals surface area contributed by atoms with Gasteiger partial charge in [-0.15, -0.1) is 0 Å². The predicted octanol–water partition coefficient (Wildman–Crippen LogP) is 2.88. The van der Waals surface area contributed by atoms with Crippen molar-refractivity contribution in [2.24, 2.45) is 0 Å². The molecule has 1 aliphatic rings. The Labute approximate surface area is 158 Å². The van der Waals surface area contributed by atoms with Crippen molar-refractivity contribution in [3.8, 4) is 5.75 Å². The molecule has 0 aliphatic carbocycles. The molecule has 6 heteroatoms. The maximum Gasteiger partial charge on any atom is 0.220 e. The van der Waals surface area contributed by atoms with Gasteiger partial charge in [0.1, 0.15) is 5.75 Å². The summed E-state index contributed by atoms with van der Waals surface area (Å²) in [5, 5.41) is 7.38. The lowest BCUT2D eigenvalue weighted by atomic mass is 10.1. The zero-order chi connectivity index (χ0) is 18.2. The van der Waals surface area contributed by atoms with Crippen molar-refractivity contribution in [1.29, 1.82) is 0 Å². The summed E-state index contributed by atoms with van der Waals surface area (Å²) in [6, 6.07) is 10.2. The molecule has 0 bridgehead atoms. The van der Waals surface area contributed by atoms with Gasteiger partial charge in [-0.1, -0.05) is 12.1 Å². The van der Waals surface area contributed by atoms with Gasteiger partial charge in [-0.2, -0.15) is 11.3 Å². The van der Waals surface area contributed by atoms with Gasteiger partial charge in [0.15, 0.2) is 0 Å². The molecule has 1 amide bonds. The number of ether oxygens (including phenoxy) is 2. The Hall–Kier alpha value is -1.89. The van der Waals surface area contributed by atoms with Crippen LogP contribution in [-0.4, -0.2) is 50.8 Å². The average molecular weight is 375 g/mol. The average Bonchev–Trinajstić information content (AvgIpc) is 3.22. The number of thiophene rings is 1. The van der Waals surface area contributed by atoms with Crippen LogP contribution >= 0.6 is 11.3 Å². The van der Waals surface area contributed by atoms with Gasteiger partial charge in [-0.3, -0.25) is 9.69 Å². The molecule has 5 nitrogen and oxygen atoms in total. The molecule has 1 fully saturated rings. The van der Waals surface area contributed by atoms with E-state index in [0.29, 0.717) is 13.0 Å². The van der Waals surface area contributed by atoms with Crippen LogP contribution in [0.4, 0.5) is 0 Å². The SMILES string of the molecule is COc1ccc(CCC(=O)NC[C@H](c2ccsc2)N2CCOCC2)cc1. The standard InChI is InChI=1S/C20H26N2O3S/c1-24-18-5-2-16(3-6-18)4-7-20(23)21-14-19(17-8-13-26-15-17)22-9-11-25-12-10-22/h2-3,5-6,8,13,15,19H,4,7,9-12,14H2,1H3,(H,21,23)/t19-/m1/s1. The van der Waals surface area contributed by atoms with Gasteiger partial charge in [0.25, 0.3) is 0 Å². The fraction of sp³-hybridized carbons (Fsp3) is 0.450. The third-order valence-electron chi connectivity index (χ3n) is 4.71. The van der Waals surface area contributed by atoms with Gasteiger partial charge in [-0.05, 0) is 46.5 Å². The van der Waals surface area contributed by atoms with Crippen LogP contribution in [-0.2, 0) is 16.0 Å². The summed E-state index contributed by atoms with van der Waals surface area (Å²) in [4.78, 5) is 14.7. The third-order valence-corrected chi connectivity index (χ3v) is 5.41. The highest BCUT2D eigenvalue weighted by molar-refractivity contribution is 7.07. The lowest BCUT2D eigenvalue weighted by Crippen LogP contribution is -2.43. The number of aryl methyl sites for hydroxylation is 1. The molecule has 0 radical (unpaired) electrons. The zero-order valence-electron chi connectivity index (χ0n) is 15.1. The molecule has 140 valence electrons. The van der Waals surface area contributed by atoms with E-state index in [1.165, 1.54) is 5.56 Å². The first kappa shape index (κ1) is 18.9. The molecule has 26 heavy (non-hydrogen) atoms. The van der Waals surface area contributed by atoms with Gasteiger partial charge in [0.05, 0.1) is 26.4 Å². The Kier molecular flexibility index (Phi) is 7.05. The Morgan fingerprint density at radius 2 is 2.04 bits per heavy atom. The molecule has 0 spiro atoms. The molecule has 3 rings (SSSR count). The van der Waals surface area contributed by atoms with Crippen molar-refractivity contribution in [1.82, 2.24) is 10.2 Å². The van der Waals surface area contributed by atoms with E-state index in [9.17, 15) is 4.79 Å². The largest absolute Gasteiger partial charge is 0.497 e. The third kappa shape index (κ3) is 5.30. The van der Waals surface area contributed by atoms with Crippen LogP contribution in [0.3, 0.4) is 0 Å². The molecule has 2 aromatic rings. The summed E-state index contributed by atoms with van der Waals surface area (Å²) >= 11 is 1.70. The molecule has 1 N–H and O–H groups in total. The first-order valence-electron chi connectivity index (χ1n) is 9.00. The number of carbonyl (C=O) groups excluding carboxylic acids is 1. The molecular formula is C20H26N2O3S. The van der Waals surface area contributed by atoms with Crippen molar-refractivity contribution in [2.75, 3.05) is 40.0 Å². The summed E-state index contributed by atoms with van der Waals surface area (Å²) in [6.07, 6.45) is 1.22. The van der Waals surface area contributed by atoms with Crippen molar-refractivity contribution >= 4 is 17.2 Å². The summed E-state index contributed by atoms with van der Waals surface area (Å²) < 4.78 is 10.6. The highest BCUT2D eigenvalue weighted by Crippen LogP contribution is 2.23. The number of nitrogens with one attached hydrogen (secondary N) is 1. The van der Waals surface area contributed by atoms with Crippen molar-refractivity contribution in [3.63, 3.8) is 0 Å². The Morgan fingerprint density at radius 1 is 1.27 bits per heavy atom. The fourth-order valence-corrected chi connectivity index (χ4v) is 3.87. The maximum atomic E-state index is 12.3. The Bertz CT molecular complexity index is 667. The normalized spacial score (nSPS) is 16.2. The van der Waals surface area contributed by atoms with Gasteiger partial charge in [0, 0.05) is 26.1 Å². The van der Waals surface area contributed by atoms with Crippen LogP contribution < -0.4 is 10.1 Å². The van der Waals surface area contributed by atoms with Crippen molar-refractivity contribution < 1.29 is 14.3 Å². The second-order valence-electron chi connectivity index (χ2n) is 6.37. The van der Waals surface area contributed by atoms with Gasteiger partial charge >= 0.3 is 0 Å². The van der Waals surface area contributed by atoms with Crippen LogP contribution in [0.25, 0.3) is 0 Å². The van der Waals surface area contributed by atoms with E-state index in [1.807, 2.05) is 24.3 Å². The number of methoxy groups -OCH3 is 1. The molecule has 1 aliphatic heterocycles. The first-order valence-corrected chi connectivity index (χ1v) is 9.94. The van der Waals surface area contributed by atoms with E-state index in [1.54, 1.807) is 18.4 Å². The minimum atomic E-state index is 0.0920. The first-order chi connectivity index (χ1) is 12.8. The van der Waals surface area contributed by atoms with E-state index in [0.717, 1.165) is 44.0 Å². The van der Waals surface area contributed by atoms with E-state index in [4.69, 9.17) is 9.47 Å². The smallest absolute Gasteiger partial charge is 0.220 e.